The number of nitrogens with one attached hydrogen (secondary N) is 1. The minimum Gasteiger partial charge on any atom is -0.368 e. The topological polar surface area (TPSA) is 83.2 Å². The molecule has 0 aliphatic carbocycles. The summed E-state index contributed by atoms with van der Waals surface area (Å²) in [6.45, 7) is 4.07. The Bertz CT molecular complexity index is 843. The quantitative estimate of drug-likeness (QED) is 0.375. The molecule has 4 rings (SSSR count). The number of carbonyl (C=O) groups excluding carboxylic acids is 1. The summed E-state index contributed by atoms with van der Waals surface area (Å²) in [5.74, 6) is 1.68. The minimum absolute atomic E-state index is 0. The van der Waals surface area contributed by atoms with Gasteiger partial charge >= 0.3 is 0 Å². The van der Waals surface area contributed by atoms with Crippen LogP contribution in [0.3, 0.4) is 0 Å². The maximum atomic E-state index is 12.5. The van der Waals surface area contributed by atoms with Crippen molar-refractivity contribution in [3.05, 3.63) is 42.1 Å². The van der Waals surface area contributed by atoms with E-state index in [2.05, 4.69) is 20.4 Å². The molecule has 1 aromatic heterocycles. The average Bonchev–Trinajstić information content (AvgIpc) is 3.47. The van der Waals surface area contributed by atoms with E-state index in [1.807, 2.05) is 41.3 Å². The smallest absolute Gasteiger partial charge is 0.251 e. The normalized spacial score (nSPS) is 19.5. The van der Waals surface area contributed by atoms with Crippen LogP contribution in [0.5, 0.6) is 0 Å². The Hall–Kier alpha value is -2.14. The van der Waals surface area contributed by atoms with Crippen LogP contribution in [-0.4, -0.2) is 72.8 Å². The number of rotatable bonds is 4. The van der Waals surface area contributed by atoms with Crippen LogP contribution >= 0.6 is 24.0 Å². The number of amides is 1. The standard InChI is InChI=1S/C21H27N5O3.HI/c1-22-21(23-15-17-14-19(29-24-17)16-6-3-2-4-7-16)26-11-9-25(10-12-26)20(27)18-8-5-13-28-18;/h2-4,6-7,14,18H,5,8-13,15H2,1H3,(H,22,23);1H. The van der Waals surface area contributed by atoms with E-state index in [0.29, 0.717) is 26.2 Å². The second-order valence-corrected chi connectivity index (χ2v) is 7.26. The van der Waals surface area contributed by atoms with Gasteiger partial charge in [0.2, 0.25) is 0 Å². The van der Waals surface area contributed by atoms with Crippen molar-refractivity contribution in [2.75, 3.05) is 39.8 Å². The molecule has 2 fully saturated rings. The Kier molecular flexibility index (Phi) is 8.08. The van der Waals surface area contributed by atoms with Crippen LogP contribution in [0.4, 0.5) is 0 Å². The fourth-order valence-electron chi connectivity index (χ4n) is 3.75. The van der Waals surface area contributed by atoms with Crippen molar-refractivity contribution in [2.24, 2.45) is 4.99 Å². The number of halogens is 1. The number of aliphatic imine (C=N–C) groups is 1. The number of piperazine rings is 1. The number of hydrogen-bond donors (Lipinski definition) is 1. The first-order valence-corrected chi connectivity index (χ1v) is 10.1. The monoisotopic (exact) mass is 525 g/mol. The summed E-state index contributed by atoms with van der Waals surface area (Å²) in [6.07, 6.45) is 1.57. The van der Waals surface area contributed by atoms with E-state index in [4.69, 9.17) is 9.26 Å². The first-order chi connectivity index (χ1) is 14.2. The molecule has 9 heteroatoms. The van der Waals surface area contributed by atoms with Crippen LogP contribution < -0.4 is 5.32 Å². The molecule has 2 saturated heterocycles. The highest BCUT2D eigenvalue weighted by atomic mass is 127. The molecule has 0 spiro atoms. The molecule has 1 unspecified atom stereocenters. The van der Waals surface area contributed by atoms with E-state index < -0.39 is 0 Å². The zero-order chi connectivity index (χ0) is 20.1. The van der Waals surface area contributed by atoms with Crippen molar-refractivity contribution >= 4 is 35.8 Å². The number of carbonyl (C=O) groups is 1. The third kappa shape index (κ3) is 5.31. The van der Waals surface area contributed by atoms with Crippen LogP contribution in [0.25, 0.3) is 11.3 Å². The molecule has 2 aromatic rings. The SMILES string of the molecule is CN=C(NCc1cc(-c2ccccc2)on1)N1CCN(C(=O)C2CCCO2)CC1.I. The molecule has 0 radical (unpaired) electrons. The van der Waals surface area contributed by atoms with Crippen molar-refractivity contribution < 1.29 is 14.1 Å². The van der Waals surface area contributed by atoms with Crippen molar-refractivity contribution in [3.8, 4) is 11.3 Å². The predicted octanol–water partition coefficient (Wildman–Crippen LogP) is 2.36. The van der Waals surface area contributed by atoms with E-state index in [-0.39, 0.29) is 36.0 Å². The lowest BCUT2D eigenvalue weighted by Crippen LogP contribution is -2.55. The molecule has 1 amide bonds. The molecule has 8 nitrogen and oxygen atoms in total. The molecule has 30 heavy (non-hydrogen) atoms. The number of guanidine groups is 1. The molecular weight excluding hydrogens is 497 g/mol. The molecule has 0 bridgehead atoms. The molecule has 2 aliphatic rings. The zero-order valence-electron chi connectivity index (χ0n) is 17.1. The fraction of sp³-hybridized carbons (Fsp3) is 0.476. The summed E-state index contributed by atoms with van der Waals surface area (Å²) < 4.78 is 11.0. The molecule has 3 heterocycles. The molecule has 0 saturated carbocycles. The third-order valence-corrected chi connectivity index (χ3v) is 5.35. The van der Waals surface area contributed by atoms with E-state index >= 15 is 0 Å². The lowest BCUT2D eigenvalue weighted by atomic mass is 10.2. The Morgan fingerprint density at radius 2 is 1.93 bits per heavy atom. The van der Waals surface area contributed by atoms with E-state index in [1.54, 1.807) is 7.05 Å². The molecule has 1 atom stereocenters. The first-order valence-electron chi connectivity index (χ1n) is 10.1. The van der Waals surface area contributed by atoms with Crippen molar-refractivity contribution in [1.29, 1.82) is 0 Å². The van der Waals surface area contributed by atoms with E-state index in [1.165, 1.54) is 0 Å². The maximum Gasteiger partial charge on any atom is 0.251 e. The Balaban J connectivity index is 0.00000256. The lowest BCUT2D eigenvalue weighted by molar-refractivity contribution is -0.142. The summed E-state index contributed by atoms with van der Waals surface area (Å²) >= 11 is 0. The minimum atomic E-state index is -0.245. The number of aromatic nitrogens is 1. The van der Waals surface area contributed by atoms with Gasteiger partial charge in [0.25, 0.3) is 5.91 Å². The van der Waals surface area contributed by atoms with Crippen LogP contribution in [0, 0.1) is 0 Å². The van der Waals surface area contributed by atoms with E-state index in [9.17, 15) is 4.79 Å². The summed E-state index contributed by atoms with van der Waals surface area (Å²) in [7, 11) is 1.77. The highest BCUT2D eigenvalue weighted by Gasteiger charge is 2.30. The van der Waals surface area contributed by atoms with Gasteiger partial charge in [0, 0.05) is 51.5 Å². The highest BCUT2D eigenvalue weighted by molar-refractivity contribution is 14.0. The van der Waals surface area contributed by atoms with Gasteiger partial charge in [-0.2, -0.15) is 0 Å². The summed E-state index contributed by atoms with van der Waals surface area (Å²) in [5.41, 5.74) is 1.82. The summed E-state index contributed by atoms with van der Waals surface area (Å²) in [5, 5.41) is 7.49. The highest BCUT2D eigenvalue weighted by Crippen LogP contribution is 2.20. The first kappa shape index (κ1) is 22.5. The van der Waals surface area contributed by atoms with Gasteiger partial charge in [0.05, 0.1) is 6.54 Å². The number of benzene rings is 1. The maximum absolute atomic E-state index is 12.5. The van der Waals surface area contributed by atoms with Crippen LogP contribution in [-0.2, 0) is 16.1 Å². The molecule has 1 aromatic carbocycles. The van der Waals surface area contributed by atoms with Gasteiger partial charge in [-0.15, -0.1) is 24.0 Å². The lowest BCUT2D eigenvalue weighted by Gasteiger charge is -2.37. The Labute approximate surface area is 193 Å². The van der Waals surface area contributed by atoms with Gasteiger partial charge in [-0.25, -0.2) is 0 Å². The zero-order valence-corrected chi connectivity index (χ0v) is 19.5. The Morgan fingerprint density at radius 3 is 2.60 bits per heavy atom. The van der Waals surface area contributed by atoms with Gasteiger partial charge in [-0.3, -0.25) is 9.79 Å². The van der Waals surface area contributed by atoms with Crippen molar-refractivity contribution in [2.45, 2.75) is 25.5 Å². The summed E-state index contributed by atoms with van der Waals surface area (Å²) in [4.78, 5) is 20.9. The Morgan fingerprint density at radius 1 is 1.20 bits per heavy atom. The molecule has 2 aliphatic heterocycles. The predicted molar refractivity (Wildman–Crippen MR) is 125 cm³/mol. The van der Waals surface area contributed by atoms with Gasteiger partial charge in [-0.1, -0.05) is 35.5 Å². The van der Waals surface area contributed by atoms with Gasteiger partial charge in [0.15, 0.2) is 11.7 Å². The van der Waals surface area contributed by atoms with Crippen LogP contribution in [0.1, 0.15) is 18.5 Å². The molecule has 1 N–H and O–H groups in total. The van der Waals surface area contributed by atoms with Crippen molar-refractivity contribution in [3.63, 3.8) is 0 Å². The largest absolute Gasteiger partial charge is 0.368 e. The van der Waals surface area contributed by atoms with Gasteiger partial charge in [-0.05, 0) is 12.8 Å². The van der Waals surface area contributed by atoms with Crippen LogP contribution in [0.15, 0.2) is 45.9 Å². The molecule has 162 valence electrons. The van der Waals surface area contributed by atoms with Gasteiger partial charge in [0.1, 0.15) is 11.8 Å². The number of ether oxygens (including phenoxy) is 1. The van der Waals surface area contributed by atoms with Crippen molar-refractivity contribution in [1.82, 2.24) is 20.3 Å². The second kappa shape index (κ2) is 10.8. The second-order valence-electron chi connectivity index (χ2n) is 7.26. The summed E-state index contributed by atoms with van der Waals surface area (Å²) in [6, 6.07) is 11.8. The number of nitrogens with zero attached hydrogens (tertiary/aromatic N) is 4. The van der Waals surface area contributed by atoms with Gasteiger partial charge < -0.3 is 24.4 Å². The van der Waals surface area contributed by atoms with Crippen LogP contribution in [0.2, 0.25) is 0 Å². The average molecular weight is 525 g/mol. The van der Waals surface area contributed by atoms with E-state index in [0.717, 1.165) is 48.9 Å². The molecular formula is C21H28IN5O3. The fourth-order valence-corrected chi connectivity index (χ4v) is 3.75. The number of hydrogen-bond acceptors (Lipinski definition) is 5. The third-order valence-electron chi connectivity index (χ3n) is 5.35.